The molecule has 2 amide bonds. The van der Waals surface area contributed by atoms with Crippen molar-refractivity contribution in [3.8, 4) is 5.69 Å². The lowest BCUT2D eigenvalue weighted by atomic mass is 10.2. The molecule has 2 N–H and O–H groups in total. The van der Waals surface area contributed by atoms with E-state index in [1.165, 1.54) is 10.7 Å². The van der Waals surface area contributed by atoms with Gasteiger partial charge in [0, 0.05) is 30.3 Å². The predicted octanol–water partition coefficient (Wildman–Crippen LogP) is 3.34. The molecule has 0 aliphatic rings. The van der Waals surface area contributed by atoms with Gasteiger partial charge in [0.05, 0.1) is 5.69 Å². The summed E-state index contributed by atoms with van der Waals surface area (Å²) < 4.78 is 15.9. The molecule has 0 spiro atoms. The Bertz CT molecular complexity index is 892. The van der Waals surface area contributed by atoms with E-state index >= 15 is 0 Å². The van der Waals surface area contributed by atoms with Crippen LogP contribution in [0.3, 0.4) is 0 Å². The number of carbonyl (C=O) groups is 1. The molecule has 128 valence electrons. The van der Waals surface area contributed by atoms with E-state index in [2.05, 4.69) is 20.7 Å². The first-order chi connectivity index (χ1) is 12.0. The van der Waals surface area contributed by atoms with Gasteiger partial charge in [0.2, 0.25) is 0 Å². The summed E-state index contributed by atoms with van der Waals surface area (Å²) in [6.45, 7) is 4.07. The molecule has 0 radical (unpaired) electrons. The number of pyridine rings is 1. The van der Waals surface area contributed by atoms with Crippen molar-refractivity contribution in [1.29, 1.82) is 0 Å². The third kappa shape index (κ3) is 4.00. The smallest absolute Gasteiger partial charge is 0.319 e. The van der Waals surface area contributed by atoms with Gasteiger partial charge >= 0.3 is 6.03 Å². The van der Waals surface area contributed by atoms with Gasteiger partial charge in [-0.25, -0.2) is 13.9 Å². The third-order valence-electron chi connectivity index (χ3n) is 3.65. The average Bonchev–Trinajstić information content (AvgIpc) is 2.92. The third-order valence-corrected chi connectivity index (χ3v) is 3.65. The number of aryl methyl sites for hydroxylation is 2. The summed E-state index contributed by atoms with van der Waals surface area (Å²) in [6, 6.07) is 9.59. The van der Waals surface area contributed by atoms with E-state index in [0.29, 0.717) is 17.9 Å². The van der Waals surface area contributed by atoms with Crippen LogP contribution in [-0.2, 0) is 6.54 Å². The summed E-state index contributed by atoms with van der Waals surface area (Å²) in [7, 11) is 0. The number of halogens is 1. The number of anilines is 1. The highest BCUT2D eigenvalue weighted by Gasteiger charge is 2.11. The quantitative estimate of drug-likeness (QED) is 0.766. The van der Waals surface area contributed by atoms with Crippen molar-refractivity contribution in [2.45, 2.75) is 20.4 Å². The van der Waals surface area contributed by atoms with Crippen molar-refractivity contribution in [1.82, 2.24) is 20.1 Å². The second kappa shape index (κ2) is 7.12. The van der Waals surface area contributed by atoms with Crippen LogP contribution in [0.5, 0.6) is 0 Å². The number of rotatable bonds is 4. The van der Waals surface area contributed by atoms with Crippen LogP contribution in [-0.4, -0.2) is 20.8 Å². The van der Waals surface area contributed by atoms with Gasteiger partial charge in [-0.2, -0.15) is 5.10 Å². The molecule has 1 aromatic carbocycles. The maximum atomic E-state index is 14.4. The highest BCUT2D eigenvalue weighted by Crippen LogP contribution is 2.19. The maximum Gasteiger partial charge on any atom is 0.319 e. The normalized spacial score (nSPS) is 10.5. The van der Waals surface area contributed by atoms with Gasteiger partial charge in [0.15, 0.2) is 5.82 Å². The van der Waals surface area contributed by atoms with Crippen LogP contribution < -0.4 is 10.6 Å². The van der Waals surface area contributed by atoms with Gasteiger partial charge in [0.1, 0.15) is 5.69 Å². The van der Waals surface area contributed by atoms with E-state index in [9.17, 15) is 9.18 Å². The average molecular weight is 339 g/mol. The van der Waals surface area contributed by atoms with E-state index in [4.69, 9.17) is 0 Å². The molecule has 0 saturated carbocycles. The summed E-state index contributed by atoms with van der Waals surface area (Å²) in [4.78, 5) is 15.8. The van der Waals surface area contributed by atoms with Crippen LogP contribution in [0.2, 0.25) is 0 Å². The molecule has 0 atom stereocenters. The second-order valence-corrected chi connectivity index (χ2v) is 5.67. The Balaban J connectivity index is 1.66. The number of nitrogens with one attached hydrogen (secondary N) is 2. The first-order valence-electron chi connectivity index (χ1n) is 7.80. The zero-order chi connectivity index (χ0) is 17.8. The molecule has 2 heterocycles. The van der Waals surface area contributed by atoms with Crippen molar-refractivity contribution in [3.05, 3.63) is 71.6 Å². The Labute approximate surface area is 144 Å². The first-order valence-corrected chi connectivity index (χ1v) is 7.80. The molecule has 0 bridgehead atoms. The number of benzene rings is 1. The molecule has 25 heavy (non-hydrogen) atoms. The van der Waals surface area contributed by atoms with Gasteiger partial charge in [-0.05, 0) is 55.8 Å². The number of urea groups is 1. The molecule has 2 aromatic heterocycles. The fourth-order valence-corrected chi connectivity index (χ4v) is 2.49. The lowest BCUT2D eigenvalue weighted by molar-refractivity contribution is 0.251. The molecule has 3 aromatic rings. The highest BCUT2D eigenvalue weighted by molar-refractivity contribution is 5.89. The SMILES string of the molecule is Cc1cc(C)n(-c2ccc(NC(=O)NCc3ccncc3)cc2F)n1. The Morgan fingerprint density at radius 3 is 2.56 bits per heavy atom. The van der Waals surface area contributed by atoms with Crippen LogP contribution in [0.4, 0.5) is 14.9 Å². The minimum absolute atomic E-state index is 0.341. The molecular formula is C18H18FN5O. The molecule has 0 unspecified atom stereocenters. The summed E-state index contributed by atoms with van der Waals surface area (Å²) >= 11 is 0. The minimum Gasteiger partial charge on any atom is -0.334 e. The number of hydrogen-bond donors (Lipinski definition) is 2. The topological polar surface area (TPSA) is 71.8 Å². The summed E-state index contributed by atoms with van der Waals surface area (Å²) in [6.07, 6.45) is 3.31. The monoisotopic (exact) mass is 339 g/mol. The Hall–Kier alpha value is -3.22. The molecule has 0 fully saturated rings. The highest BCUT2D eigenvalue weighted by atomic mass is 19.1. The predicted molar refractivity (Wildman–Crippen MR) is 93.1 cm³/mol. The standard InChI is InChI=1S/C18H18FN5O/c1-12-9-13(2)24(23-12)17-4-3-15(10-16(17)19)22-18(25)21-11-14-5-7-20-8-6-14/h3-10H,11H2,1-2H3,(H2,21,22,25). The zero-order valence-electron chi connectivity index (χ0n) is 14.0. The minimum atomic E-state index is -0.460. The zero-order valence-corrected chi connectivity index (χ0v) is 14.0. The lowest BCUT2D eigenvalue weighted by Gasteiger charge is -2.10. The molecule has 0 aliphatic carbocycles. The van der Waals surface area contributed by atoms with Crippen LogP contribution in [0.15, 0.2) is 48.8 Å². The second-order valence-electron chi connectivity index (χ2n) is 5.67. The van der Waals surface area contributed by atoms with Gasteiger partial charge in [-0.3, -0.25) is 4.98 Å². The van der Waals surface area contributed by atoms with E-state index in [1.54, 1.807) is 24.5 Å². The van der Waals surface area contributed by atoms with Crippen LogP contribution in [0.25, 0.3) is 5.69 Å². The van der Waals surface area contributed by atoms with Crippen molar-refractivity contribution < 1.29 is 9.18 Å². The summed E-state index contributed by atoms with van der Waals surface area (Å²) in [5.74, 6) is -0.460. The van der Waals surface area contributed by atoms with Crippen LogP contribution in [0.1, 0.15) is 17.0 Å². The molecule has 3 rings (SSSR count). The van der Waals surface area contributed by atoms with E-state index in [-0.39, 0.29) is 0 Å². The molecule has 6 nitrogen and oxygen atoms in total. The van der Waals surface area contributed by atoms with E-state index in [0.717, 1.165) is 17.0 Å². The van der Waals surface area contributed by atoms with E-state index < -0.39 is 11.8 Å². The fraction of sp³-hybridized carbons (Fsp3) is 0.167. The number of carbonyl (C=O) groups excluding carboxylic acids is 1. The van der Waals surface area contributed by atoms with Gasteiger partial charge in [0.25, 0.3) is 0 Å². The number of nitrogens with zero attached hydrogens (tertiary/aromatic N) is 3. The lowest BCUT2D eigenvalue weighted by Crippen LogP contribution is -2.28. The summed E-state index contributed by atoms with van der Waals surface area (Å²) in [5, 5.41) is 9.59. The molecule has 7 heteroatoms. The molecular weight excluding hydrogens is 321 g/mol. The maximum absolute atomic E-state index is 14.4. The van der Waals surface area contributed by atoms with Crippen LogP contribution in [0, 0.1) is 19.7 Å². The van der Waals surface area contributed by atoms with Crippen molar-refractivity contribution in [3.63, 3.8) is 0 Å². The van der Waals surface area contributed by atoms with Gasteiger partial charge in [-0.1, -0.05) is 0 Å². The largest absolute Gasteiger partial charge is 0.334 e. The van der Waals surface area contributed by atoms with E-state index in [1.807, 2.05) is 32.0 Å². The van der Waals surface area contributed by atoms with Crippen molar-refractivity contribution >= 4 is 11.7 Å². The Kier molecular flexibility index (Phi) is 4.74. The van der Waals surface area contributed by atoms with Crippen LogP contribution >= 0.6 is 0 Å². The Morgan fingerprint density at radius 1 is 1.16 bits per heavy atom. The fourth-order valence-electron chi connectivity index (χ4n) is 2.49. The molecule has 0 saturated heterocycles. The van der Waals surface area contributed by atoms with Gasteiger partial charge in [-0.15, -0.1) is 0 Å². The number of hydrogen-bond acceptors (Lipinski definition) is 3. The Morgan fingerprint density at radius 2 is 1.92 bits per heavy atom. The first kappa shape index (κ1) is 16.6. The van der Waals surface area contributed by atoms with Crippen molar-refractivity contribution in [2.24, 2.45) is 0 Å². The number of amides is 2. The molecule has 0 aliphatic heterocycles. The number of aromatic nitrogens is 3. The van der Waals surface area contributed by atoms with Gasteiger partial charge < -0.3 is 10.6 Å². The van der Waals surface area contributed by atoms with Crippen molar-refractivity contribution in [2.75, 3.05) is 5.32 Å². The summed E-state index contributed by atoms with van der Waals surface area (Å²) in [5.41, 5.74) is 3.29.